The molecule has 0 spiro atoms. The summed E-state index contributed by atoms with van der Waals surface area (Å²) in [6.07, 6.45) is 2.12. The van der Waals surface area contributed by atoms with Crippen molar-refractivity contribution >= 4 is 34.8 Å². The summed E-state index contributed by atoms with van der Waals surface area (Å²) in [5.41, 5.74) is 0. The quantitative estimate of drug-likeness (QED) is 0.787. The average molecular weight is 353 g/mol. The van der Waals surface area contributed by atoms with E-state index in [1.165, 1.54) is 0 Å². The summed E-state index contributed by atoms with van der Waals surface area (Å²) < 4.78 is 11.3. The van der Waals surface area contributed by atoms with Crippen LogP contribution in [0.25, 0.3) is 0 Å². The van der Waals surface area contributed by atoms with Crippen molar-refractivity contribution in [3.8, 4) is 5.75 Å². The number of ether oxygens (including phenoxy) is 2. The van der Waals surface area contributed by atoms with E-state index < -0.39 is 0 Å². The van der Waals surface area contributed by atoms with Gasteiger partial charge in [0.1, 0.15) is 6.61 Å². The summed E-state index contributed by atoms with van der Waals surface area (Å²) >= 11 is 18.2. The zero-order valence-electron chi connectivity index (χ0n) is 12.0. The van der Waals surface area contributed by atoms with E-state index in [2.05, 4.69) is 12.2 Å². The fourth-order valence-corrected chi connectivity index (χ4v) is 3.33. The fourth-order valence-electron chi connectivity index (χ4n) is 2.40. The van der Waals surface area contributed by atoms with Crippen LogP contribution in [0.4, 0.5) is 0 Å². The lowest BCUT2D eigenvalue weighted by Crippen LogP contribution is -2.41. The van der Waals surface area contributed by atoms with Gasteiger partial charge in [0, 0.05) is 23.6 Å². The van der Waals surface area contributed by atoms with Gasteiger partial charge in [-0.1, -0.05) is 41.7 Å². The number of nitrogens with one attached hydrogen (secondary N) is 1. The Balaban J connectivity index is 2.00. The van der Waals surface area contributed by atoms with Gasteiger partial charge in [-0.15, -0.1) is 0 Å². The number of halogens is 3. The van der Waals surface area contributed by atoms with E-state index in [0.717, 1.165) is 32.6 Å². The van der Waals surface area contributed by atoms with Crippen LogP contribution in [0.15, 0.2) is 12.1 Å². The Hall–Kier alpha value is -0.190. The molecular weight excluding hydrogens is 333 g/mol. The highest BCUT2D eigenvalue weighted by molar-refractivity contribution is 6.40. The second-order valence-corrected chi connectivity index (χ2v) is 6.44. The van der Waals surface area contributed by atoms with E-state index in [4.69, 9.17) is 44.3 Å². The molecule has 1 fully saturated rings. The van der Waals surface area contributed by atoms with Gasteiger partial charge in [0.15, 0.2) is 5.75 Å². The highest BCUT2D eigenvalue weighted by atomic mass is 35.5. The molecule has 21 heavy (non-hydrogen) atoms. The van der Waals surface area contributed by atoms with Crippen LogP contribution in [0.2, 0.25) is 15.1 Å². The molecule has 1 aromatic carbocycles. The van der Waals surface area contributed by atoms with Gasteiger partial charge >= 0.3 is 0 Å². The topological polar surface area (TPSA) is 30.5 Å². The molecule has 1 saturated heterocycles. The van der Waals surface area contributed by atoms with E-state index in [1.54, 1.807) is 12.1 Å². The summed E-state index contributed by atoms with van der Waals surface area (Å²) in [6, 6.07) is 3.50. The lowest BCUT2D eigenvalue weighted by atomic mass is 9.99. The summed E-state index contributed by atoms with van der Waals surface area (Å²) in [5.74, 6) is 0.950. The minimum Gasteiger partial charge on any atom is -0.489 e. The van der Waals surface area contributed by atoms with Gasteiger partial charge in [-0.25, -0.2) is 0 Å². The Labute approximate surface area is 140 Å². The van der Waals surface area contributed by atoms with E-state index in [0.29, 0.717) is 33.3 Å². The molecule has 2 rings (SSSR count). The van der Waals surface area contributed by atoms with Gasteiger partial charge in [-0.3, -0.25) is 0 Å². The van der Waals surface area contributed by atoms with Gasteiger partial charge in [-0.2, -0.15) is 0 Å². The van der Waals surface area contributed by atoms with Crippen molar-refractivity contribution in [1.29, 1.82) is 0 Å². The number of rotatable bonds is 7. The molecule has 1 aliphatic heterocycles. The Morgan fingerprint density at radius 1 is 1.33 bits per heavy atom. The van der Waals surface area contributed by atoms with Gasteiger partial charge in [0.2, 0.25) is 0 Å². The lowest BCUT2D eigenvalue weighted by Gasteiger charge is -2.24. The monoisotopic (exact) mass is 351 g/mol. The van der Waals surface area contributed by atoms with Crippen LogP contribution < -0.4 is 10.1 Å². The maximum atomic E-state index is 6.14. The molecule has 2 unspecified atom stereocenters. The second-order valence-electron chi connectivity index (χ2n) is 5.19. The van der Waals surface area contributed by atoms with Crippen LogP contribution in [-0.4, -0.2) is 32.4 Å². The molecule has 0 aliphatic carbocycles. The SMILES string of the molecule is CCCNC(COc1c(Cl)cc(Cl)cc1Cl)C1CCOC1. The van der Waals surface area contributed by atoms with Crippen LogP contribution >= 0.6 is 34.8 Å². The van der Waals surface area contributed by atoms with Crippen LogP contribution in [0, 0.1) is 5.92 Å². The average Bonchev–Trinajstić information content (AvgIpc) is 2.94. The van der Waals surface area contributed by atoms with E-state index >= 15 is 0 Å². The third-order valence-corrected chi connectivity index (χ3v) is 4.34. The largest absolute Gasteiger partial charge is 0.489 e. The first kappa shape index (κ1) is 17.2. The molecule has 0 saturated carbocycles. The van der Waals surface area contributed by atoms with Gasteiger partial charge in [0.05, 0.1) is 16.7 Å². The molecular formula is C15H20Cl3NO2. The number of hydrogen-bond acceptors (Lipinski definition) is 3. The first-order chi connectivity index (χ1) is 10.1. The molecule has 0 amide bonds. The molecule has 2 atom stereocenters. The Morgan fingerprint density at radius 3 is 2.62 bits per heavy atom. The van der Waals surface area contributed by atoms with E-state index in [1.807, 2.05) is 0 Å². The molecule has 1 N–H and O–H groups in total. The first-order valence-corrected chi connectivity index (χ1v) is 8.33. The molecule has 1 heterocycles. The standard InChI is InChI=1S/C15H20Cl3NO2/c1-2-4-19-14(10-3-5-20-8-10)9-21-15-12(17)6-11(16)7-13(15)18/h6-7,10,14,19H,2-5,8-9H2,1H3. The van der Waals surface area contributed by atoms with Crippen molar-refractivity contribution in [1.82, 2.24) is 5.32 Å². The smallest absolute Gasteiger partial charge is 0.156 e. The van der Waals surface area contributed by atoms with Crippen molar-refractivity contribution in [2.24, 2.45) is 5.92 Å². The van der Waals surface area contributed by atoms with Gasteiger partial charge in [0.25, 0.3) is 0 Å². The predicted molar refractivity (Wildman–Crippen MR) is 88.0 cm³/mol. The molecule has 0 bridgehead atoms. The zero-order chi connectivity index (χ0) is 15.2. The molecule has 118 valence electrons. The predicted octanol–water partition coefficient (Wildman–Crippen LogP) is 4.43. The van der Waals surface area contributed by atoms with Crippen molar-refractivity contribution in [3.63, 3.8) is 0 Å². The van der Waals surface area contributed by atoms with Crippen LogP contribution in [-0.2, 0) is 4.74 Å². The Bertz CT molecular complexity index is 441. The van der Waals surface area contributed by atoms with Crippen molar-refractivity contribution < 1.29 is 9.47 Å². The third kappa shape index (κ3) is 4.90. The molecule has 3 nitrogen and oxygen atoms in total. The molecule has 6 heteroatoms. The Kier molecular flexibility index (Phi) is 6.90. The number of benzene rings is 1. The number of hydrogen-bond donors (Lipinski definition) is 1. The first-order valence-electron chi connectivity index (χ1n) is 7.20. The van der Waals surface area contributed by atoms with Gasteiger partial charge in [-0.05, 0) is 31.5 Å². The van der Waals surface area contributed by atoms with E-state index in [9.17, 15) is 0 Å². The minimum atomic E-state index is 0.232. The normalized spacial score (nSPS) is 19.7. The minimum absolute atomic E-state index is 0.232. The van der Waals surface area contributed by atoms with Gasteiger partial charge < -0.3 is 14.8 Å². The lowest BCUT2D eigenvalue weighted by molar-refractivity contribution is 0.160. The summed E-state index contributed by atoms with van der Waals surface area (Å²) in [6.45, 7) is 5.19. The van der Waals surface area contributed by atoms with Crippen molar-refractivity contribution in [2.45, 2.75) is 25.8 Å². The molecule has 0 aromatic heterocycles. The highest BCUT2D eigenvalue weighted by Gasteiger charge is 2.26. The maximum Gasteiger partial charge on any atom is 0.156 e. The van der Waals surface area contributed by atoms with E-state index in [-0.39, 0.29) is 6.04 Å². The summed E-state index contributed by atoms with van der Waals surface area (Å²) in [7, 11) is 0. The molecule has 1 aromatic rings. The zero-order valence-corrected chi connectivity index (χ0v) is 14.3. The van der Waals surface area contributed by atoms with Crippen molar-refractivity contribution in [2.75, 3.05) is 26.4 Å². The summed E-state index contributed by atoms with van der Waals surface area (Å²) in [5, 5.41) is 4.89. The maximum absolute atomic E-state index is 6.14. The summed E-state index contributed by atoms with van der Waals surface area (Å²) in [4.78, 5) is 0. The van der Waals surface area contributed by atoms with Crippen LogP contribution in [0.1, 0.15) is 19.8 Å². The van der Waals surface area contributed by atoms with Crippen LogP contribution in [0.3, 0.4) is 0 Å². The highest BCUT2D eigenvalue weighted by Crippen LogP contribution is 2.36. The third-order valence-electron chi connectivity index (χ3n) is 3.56. The second kappa shape index (κ2) is 8.44. The Morgan fingerprint density at radius 2 is 2.05 bits per heavy atom. The van der Waals surface area contributed by atoms with Crippen molar-refractivity contribution in [3.05, 3.63) is 27.2 Å². The fraction of sp³-hybridized carbons (Fsp3) is 0.600. The van der Waals surface area contributed by atoms with Crippen LogP contribution in [0.5, 0.6) is 5.75 Å². The molecule has 1 aliphatic rings. The molecule has 0 radical (unpaired) electrons.